The molecule has 12 nitrogen and oxygen atoms in total. The summed E-state index contributed by atoms with van der Waals surface area (Å²) in [5.74, 6) is 1.31. The van der Waals surface area contributed by atoms with Crippen LogP contribution in [0.15, 0.2) is 54.9 Å². The Morgan fingerprint density at radius 2 is 1.38 bits per heavy atom. The highest BCUT2D eigenvalue weighted by atomic mass is 16.6. The summed E-state index contributed by atoms with van der Waals surface area (Å²) in [5.41, 5.74) is 1.21. The zero-order valence-corrected chi connectivity index (χ0v) is 20.4. The van der Waals surface area contributed by atoms with E-state index in [0.29, 0.717) is 34.2 Å². The van der Waals surface area contributed by atoms with Crippen molar-refractivity contribution in [1.82, 2.24) is 9.97 Å². The average molecular weight is 505 g/mol. The van der Waals surface area contributed by atoms with Crippen molar-refractivity contribution in [3.05, 3.63) is 70.5 Å². The molecule has 4 aromatic rings. The van der Waals surface area contributed by atoms with Crippen LogP contribution in [0.2, 0.25) is 0 Å². The molecule has 0 aliphatic carbocycles. The topological polar surface area (TPSA) is 147 Å². The van der Waals surface area contributed by atoms with Crippen molar-refractivity contribution in [2.75, 3.05) is 39.1 Å². The lowest BCUT2D eigenvalue weighted by Gasteiger charge is -2.13. The first kappa shape index (κ1) is 25.0. The maximum atomic E-state index is 12.9. The maximum absolute atomic E-state index is 12.9. The van der Waals surface area contributed by atoms with Crippen molar-refractivity contribution in [3.63, 3.8) is 0 Å². The van der Waals surface area contributed by atoms with Crippen molar-refractivity contribution >= 4 is 39.7 Å². The summed E-state index contributed by atoms with van der Waals surface area (Å²) in [5, 5.41) is 18.1. The van der Waals surface area contributed by atoms with Gasteiger partial charge >= 0.3 is 0 Å². The van der Waals surface area contributed by atoms with Crippen LogP contribution in [-0.4, -0.2) is 49.2 Å². The summed E-state index contributed by atoms with van der Waals surface area (Å²) >= 11 is 0. The first-order valence-electron chi connectivity index (χ1n) is 10.8. The summed E-state index contributed by atoms with van der Waals surface area (Å²) in [4.78, 5) is 32.4. The van der Waals surface area contributed by atoms with Gasteiger partial charge in [-0.05, 0) is 30.3 Å². The Morgan fingerprint density at radius 1 is 0.811 bits per heavy atom. The number of methoxy groups -OCH3 is 4. The molecule has 0 saturated heterocycles. The third-order valence-electron chi connectivity index (χ3n) is 5.49. The van der Waals surface area contributed by atoms with Crippen LogP contribution in [0.5, 0.6) is 23.0 Å². The summed E-state index contributed by atoms with van der Waals surface area (Å²) in [6.07, 6.45) is 1.43. The molecule has 0 aliphatic rings. The minimum Gasteiger partial charge on any atom is -0.493 e. The first-order chi connectivity index (χ1) is 17.9. The predicted molar refractivity (Wildman–Crippen MR) is 137 cm³/mol. The molecule has 0 saturated carbocycles. The molecule has 1 aromatic heterocycles. The van der Waals surface area contributed by atoms with E-state index < -0.39 is 16.5 Å². The van der Waals surface area contributed by atoms with Crippen LogP contribution in [0, 0.1) is 10.1 Å². The summed E-state index contributed by atoms with van der Waals surface area (Å²) < 4.78 is 21.0. The lowest BCUT2D eigenvalue weighted by atomic mass is 10.1. The number of rotatable bonds is 9. The quantitative estimate of drug-likeness (QED) is 0.245. The Hall–Kier alpha value is -5.13. The Bertz CT molecular complexity index is 1480. The van der Waals surface area contributed by atoms with Gasteiger partial charge in [0.2, 0.25) is 0 Å². The molecule has 4 rings (SSSR count). The number of hydrogen-bond donors (Lipinski definition) is 2. The molecule has 1 amide bonds. The van der Waals surface area contributed by atoms with Gasteiger partial charge in [-0.3, -0.25) is 14.9 Å². The monoisotopic (exact) mass is 505 g/mol. The van der Waals surface area contributed by atoms with Gasteiger partial charge in [0.05, 0.1) is 44.9 Å². The largest absolute Gasteiger partial charge is 0.493 e. The predicted octanol–water partition coefficient (Wildman–Crippen LogP) is 4.57. The molecule has 0 aliphatic heterocycles. The van der Waals surface area contributed by atoms with E-state index in [4.69, 9.17) is 18.9 Å². The van der Waals surface area contributed by atoms with Crippen molar-refractivity contribution in [2.45, 2.75) is 0 Å². The number of carbonyl (C=O) groups excluding carboxylic acids is 1. The number of carbonyl (C=O) groups is 1. The number of anilines is 3. The average Bonchev–Trinajstić information content (AvgIpc) is 2.92. The number of nitro groups is 1. The van der Waals surface area contributed by atoms with E-state index in [0.717, 1.165) is 11.5 Å². The summed E-state index contributed by atoms with van der Waals surface area (Å²) in [6.45, 7) is 0. The second kappa shape index (κ2) is 10.6. The highest BCUT2D eigenvalue weighted by molar-refractivity contribution is 6.07. The zero-order chi connectivity index (χ0) is 26.5. The van der Waals surface area contributed by atoms with Gasteiger partial charge in [-0.25, -0.2) is 9.97 Å². The standard InChI is InChI=1S/C25H23N5O7/c1-34-20-9-16-18(11-22(20)36-3)26-13-27-24(16)28-14-5-7-15(8-6-14)29-25(31)17-10-21(35-2)23(37-4)12-19(17)30(32)33/h5-13H,1-4H3,(H,29,31)(H,26,27,28). The second-order valence-corrected chi connectivity index (χ2v) is 7.58. The smallest absolute Gasteiger partial charge is 0.286 e. The van der Waals surface area contributed by atoms with Crippen LogP contribution in [-0.2, 0) is 0 Å². The number of benzene rings is 3. The minimum atomic E-state index is -0.670. The van der Waals surface area contributed by atoms with Gasteiger partial charge in [0, 0.05) is 28.9 Å². The van der Waals surface area contributed by atoms with Gasteiger partial charge < -0.3 is 29.6 Å². The van der Waals surface area contributed by atoms with Crippen LogP contribution in [0.3, 0.4) is 0 Å². The van der Waals surface area contributed by atoms with Crippen molar-refractivity contribution in [3.8, 4) is 23.0 Å². The number of fused-ring (bicyclic) bond motifs is 1. The molecule has 1 heterocycles. The number of amides is 1. The number of ether oxygens (including phenoxy) is 4. The number of aromatic nitrogens is 2. The minimum absolute atomic E-state index is 0.148. The van der Waals surface area contributed by atoms with Crippen molar-refractivity contribution < 1.29 is 28.7 Å². The van der Waals surface area contributed by atoms with E-state index in [-0.39, 0.29) is 17.1 Å². The summed E-state index contributed by atoms with van der Waals surface area (Å²) in [6, 6.07) is 12.7. The molecule has 0 spiro atoms. The molecule has 0 atom stereocenters. The van der Waals surface area contributed by atoms with Crippen molar-refractivity contribution in [1.29, 1.82) is 0 Å². The Kier molecular flexibility index (Phi) is 7.19. The highest BCUT2D eigenvalue weighted by Crippen LogP contribution is 2.36. The van der Waals surface area contributed by atoms with E-state index in [1.807, 2.05) is 0 Å². The number of hydrogen-bond acceptors (Lipinski definition) is 10. The van der Waals surface area contributed by atoms with E-state index >= 15 is 0 Å². The summed E-state index contributed by atoms with van der Waals surface area (Å²) in [7, 11) is 5.83. The fraction of sp³-hybridized carbons (Fsp3) is 0.160. The van der Waals surface area contributed by atoms with E-state index in [1.54, 1.807) is 50.6 Å². The molecular formula is C25H23N5O7. The molecule has 3 aromatic carbocycles. The Morgan fingerprint density at radius 3 is 2.00 bits per heavy atom. The highest BCUT2D eigenvalue weighted by Gasteiger charge is 2.24. The second-order valence-electron chi connectivity index (χ2n) is 7.58. The number of nitrogens with one attached hydrogen (secondary N) is 2. The van der Waals surface area contributed by atoms with Gasteiger partial charge in [-0.2, -0.15) is 0 Å². The van der Waals surface area contributed by atoms with Crippen LogP contribution < -0.4 is 29.6 Å². The Labute approximate surface area is 211 Å². The lowest BCUT2D eigenvalue weighted by molar-refractivity contribution is -0.385. The third-order valence-corrected chi connectivity index (χ3v) is 5.49. The third kappa shape index (κ3) is 5.12. The molecule has 0 bridgehead atoms. The molecule has 37 heavy (non-hydrogen) atoms. The zero-order valence-electron chi connectivity index (χ0n) is 20.4. The van der Waals surface area contributed by atoms with E-state index in [1.165, 1.54) is 26.6 Å². The molecule has 2 N–H and O–H groups in total. The molecule has 0 radical (unpaired) electrons. The van der Waals surface area contributed by atoms with E-state index in [9.17, 15) is 14.9 Å². The first-order valence-corrected chi connectivity index (χ1v) is 10.8. The van der Waals surface area contributed by atoms with Gasteiger partial charge in [-0.1, -0.05) is 0 Å². The van der Waals surface area contributed by atoms with Gasteiger partial charge in [0.25, 0.3) is 11.6 Å². The van der Waals surface area contributed by atoms with E-state index in [2.05, 4.69) is 20.6 Å². The lowest BCUT2D eigenvalue weighted by Crippen LogP contribution is -2.14. The Balaban J connectivity index is 1.56. The van der Waals surface area contributed by atoms with Crippen LogP contribution in [0.25, 0.3) is 10.9 Å². The molecule has 0 unspecified atom stereocenters. The fourth-order valence-corrected chi connectivity index (χ4v) is 3.66. The van der Waals surface area contributed by atoms with Crippen molar-refractivity contribution in [2.24, 2.45) is 0 Å². The van der Waals surface area contributed by atoms with Crippen LogP contribution >= 0.6 is 0 Å². The van der Waals surface area contributed by atoms with Gasteiger partial charge in [0.15, 0.2) is 23.0 Å². The number of nitrogens with zero attached hydrogens (tertiary/aromatic N) is 3. The number of nitro benzene ring substituents is 1. The SMILES string of the molecule is COc1cc(C(=O)Nc2ccc(Nc3ncnc4cc(OC)c(OC)cc34)cc2)c([N+](=O)[O-])cc1OC. The fourth-order valence-electron chi connectivity index (χ4n) is 3.66. The molecule has 190 valence electrons. The van der Waals surface area contributed by atoms with Crippen LogP contribution in [0.1, 0.15) is 10.4 Å². The normalized spacial score (nSPS) is 10.5. The van der Waals surface area contributed by atoms with Gasteiger partial charge in [-0.15, -0.1) is 0 Å². The van der Waals surface area contributed by atoms with Gasteiger partial charge in [0.1, 0.15) is 17.7 Å². The molecule has 12 heteroatoms. The molecular weight excluding hydrogens is 482 g/mol. The maximum Gasteiger partial charge on any atom is 0.286 e. The van der Waals surface area contributed by atoms with Crippen LogP contribution in [0.4, 0.5) is 22.9 Å². The molecule has 0 fully saturated rings.